The molecule has 56 heavy (non-hydrogen) atoms. The van der Waals surface area contributed by atoms with Crippen LogP contribution >= 0.6 is 7.82 Å². The molecule has 0 aliphatic rings. The van der Waals surface area contributed by atoms with E-state index in [0.717, 1.165) is 64.2 Å². The van der Waals surface area contributed by atoms with Gasteiger partial charge < -0.3 is 24.0 Å². The minimum atomic E-state index is -4.32. The molecule has 2 N–H and O–H groups in total. The molecule has 0 spiro atoms. The molecule has 0 radical (unpaired) electrons. The zero-order chi connectivity index (χ0) is 41.4. The van der Waals surface area contributed by atoms with Gasteiger partial charge in [0.25, 0.3) is 0 Å². The third-order valence-electron chi connectivity index (χ3n) is 8.86. The van der Waals surface area contributed by atoms with Crippen molar-refractivity contribution < 1.29 is 42.4 Å². The van der Waals surface area contributed by atoms with Gasteiger partial charge in [0.15, 0.2) is 6.10 Å². The van der Waals surface area contributed by atoms with Crippen molar-refractivity contribution in [2.75, 3.05) is 47.5 Å². The highest BCUT2D eigenvalue weighted by Crippen LogP contribution is 2.43. The minimum absolute atomic E-state index is 0.00744. The molecule has 0 aromatic heterocycles. The molecule has 0 saturated carbocycles. The number of aliphatic hydroxyl groups is 1. The lowest BCUT2D eigenvalue weighted by molar-refractivity contribution is -0.870. The van der Waals surface area contributed by atoms with Crippen LogP contribution in [0, 0.1) is 0 Å². The predicted molar refractivity (Wildman–Crippen MR) is 234 cm³/mol. The van der Waals surface area contributed by atoms with Crippen LogP contribution in [0.2, 0.25) is 0 Å². The molecule has 0 rings (SSSR count). The summed E-state index contributed by atoms with van der Waals surface area (Å²) in [6.07, 6.45) is 46.7. The molecule has 0 fully saturated rings. The van der Waals surface area contributed by atoms with Gasteiger partial charge in [-0.1, -0.05) is 126 Å². The Morgan fingerprint density at radius 1 is 0.643 bits per heavy atom. The Kier molecular flexibility index (Phi) is 36.7. The first-order valence-corrected chi connectivity index (χ1v) is 23.3. The number of unbranched alkanes of at least 4 members (excludes halogenated alkanes) is 12. The van der Waals surface area contributed by atoms with E-state index in [4.69, 9.17) is 18.5 Å². The zero-order valence-electron chi connectivity index (χ0n) is 36.2. The lowest BCUT2D eigenvalue weighted by Gasteiger charge is -2.24. The summed E-state index contributed by atoms with van der Waals surface area (Å²) in [7, 11) is 1.56. The largest absolute Gasteiger partial charge is 0.498 e. The van der Waals surface area contributed by atoms with Crippen LogP contribution in [0.25, 0.3) is 0 Å². The van der Waals surface area contributed by atoms with E-state index in [2.05, 4.69) is 68.5 Å². The van der Waals surface area contributed by atoms with E-state index < -0.39 is 19.9 Å². The standard InChI is InChI=1S/C46H82NO8P/c1-6-8-9-10-11-12-13-14-15-16-20-23-26-29-32-35-40-52-42-45(43-54-56(50,51)53-41-39-47(3,4)5)55-46(49)38-34-31-28-25-22-19-17-18-21-24-27-30-33-37-44(48)36-7-2/h14-15,17,19,21,24-25,28,30,33,35,40,44-45,48H,6-13,16,18,20,22-23,26-27,29,31-32,34,36-39,41-43H2,1-5H3/p+1/b15-14-,19-17-,24-21-,28-25-,33-30-,40-35+/t44?,45-/m1/s1. The number of nitrogens with zero attached hydrogens (tertiary/aromatic N) is 1. The Balaban J connectivity index is 4.45. The maximum atomic E-state index is 12.6. The highest BCUT2D eigenvalue weighted by atomic mass is 31.2. The van der Waals surface area contributed by atoms with Crippen molar-refractivity contribution in [2.24, 2.45) is 0 Å². The van der Waals surface area contributed by atoms with E-state index in [1.165, 1.54) is 64.2 Å². The predicted octanol–water partition coefficient (Wildman–Crippen LogP) is 12.0. The van der Waals surface area contributed by atoms with Crippen LogP contribution in [0.5, 0.6) is 0 Å². The number of aliphatic hydroxyl groups excluding tert-OH is 1. The second kappa shape index (κ2) is 38.3. The molecule has 9 nitrogen and oxygen atoms in total. The van der Waals surface area contributed by atoms with E-state index in [-0.39, 0.29) is 32.3 Å². The van der Waals surface area contributed by atoms with Crippen LogP contribution in [0.15, 0.2) is 73.1 Å². The van der Waals surface area contributed by atoms with Gasteiger partial charge in [-0.25, -0.2) is 4.57 Å². The molecular formula is C46H83NO8P+. The van der Waals surface area contributed by atoms with Gasteiger partial charge in [-0.15, -0.1) is 0 Å². The first-order chi connectivity index (χ1) is 27.0. The second-order valence-corrected chi connectivity index (χ2v) is 17.1. The summed E-state index contributed by atoms with van der Waals surface area (Å²) in [5.74, 6) is -0.408. The maximum absolute atomic E-state index is 12.6. The van der Waals surface area contributed by atoms with Crippen LogP contribution in [0.1, 0.15) is 155 Å². The van der Waals surface area contributed by atoms with E-state index >= 15 is 0 Å². The fourth-order valence-electron chi connectivity index (χ4n) is 5.46. The number of likely N-dealkylation sites (N-methyl/N-ethyl adjacent to an activating group) is 1. The number of rotatable bonds is 39. The van der Waals surface area contributed by atoms with Crippen molar-refractivity contribution in [3.63, 3.8) is 0 Å². The number of quaternary nitrogens is 1. The zero-order valence-corrected chi connectivity index (χ0v) is 37.1. The summed E-state index contributed by atoms with van der Waals surface area (Å²) in [5.41, 5.74) is 0. The van der Waals surface area contributed by atoms with E-state index in [0.29, 0.717) is 17.4 Å². The summed E-state index contributed by atoms with van der Waals surface area (Å²) >= 11 is 0. The SMILES string of the molecule is CCCCCCCC/C=C\CCCCCC/C=C/OC[C@H](COP(=O)(O)OCC[N+](C)(C)C)OC(=O)CCC/C=C\C/C=C\C/C=C\C/C=C\CC(O)CCC. The number of hydrogen-bond acceptors (Lipinski definition) is 7. The number of carbonyl (C=O) groups is 1. The summed E-state index contributed by atoms with van der Waals surface area (Å²) in [6, 6.07) is 0. The third kappa shape index (κ3) is 41.4. The number of esters is 1. The molecular weight excluding hydrogens is 725 g/mol. The smallest absolute Gasteiger partial charge is 0.472 e. The fourth-order valence-corrected chi connectivity index (χ4v) is 6.20. The maximum Gasteiger partial charge on any atom is 0.472 e. The Labute approximate surface area is 343 Å². The van der Waals surface area contributed by atoms with Crippen LogP contribution in [0.3, 0.4) is 0 Å². The van der Waals surface area contributed by atoms with Gasteiger partial charge in [-0.3, -0.25) is 13.8 Å². The van der Waals surface area contributed by atoms with Crippen molar-refractivity contribution in [3.8, 4) is 0 Å². The normalized spacial score (nSPS) is 15.0. The Bertz CT molecular complexity index is 1140. The van der Waals surface area contributed by atoms with Gasteiger partial charge >= 0.3 is 13.8 Å². The van der Waals surface area contributed by atoms with Crippen LogP contribution in [-0.2, 0) is 27.9 Å². The molecule has 0 aromatic rings. The average molecular weight is 809 g/mol. The Morgan fingerprint density at radius 3 is 1.75 bits per heavy atom. The van der Waals surface area contributed by atoms with Crippen molar-refractivity contribution in [2.45, 2.75) is 167 Å². The molecule has 0 heterocycles. The van der Waals surface area contributed by atoms with Crippen molar-refractivity contribution in [1.82, 2.24) is 0 Å². The lowest BCUT2D eigenvalue weighted by Crippen LogP contribution is -2.37. The van der Waals surface area contributed by atoms with E-state index in [1.807, 2.05) is 33.3 Å². The van der Waals surface area contributed by atoms with Crippen LogP contribution < -0.4 is 0 Å². The molecule has 0 saturated heterocycles. The number of phosphoric acid groups is 1. The van der Waals surface area contributed by atoms with Gasteiger partial charge in [0, 0.05) is 6.42 Å². The quantitative estimate of drug-likeness (QED) is 0.0158. The van der Waals surface area contributed by atoms with Crippen LogP contribution in [0.4, 0.5) is 0 Å². The Hall–Kier alpha value is -2.26. The fraction of sp³-hybridized carbons (Fsp3) is 0.717. The molecule has 0 bridgehead atoms. The monoisotopic (exact) mass is 809 g/mol. The highest BCUT2D eigenvalue weighted by Gasteiger charge is 2.26. The summed E-state index contributed by atoms with van der Waals surface area (Å²) in [4.78, 5) is 22.8. The topological polar surface area (TPSA) is 112 Å². The third-order valence-corrected chi connectivity index (χ3v) is 9.84. The van der Waals surface area contributed by atoms with Gasteiger partial charge in [0.2, 0.25) is 0 Å². The van der Waals surface area contributed by atoms with E-state index in [9.17, 15) is 19.4 Å². The second-order valence-electron chi connectivity index (χ2n) is 15.6. The molecule has 10 heteroatoms. The van der Waals surface area contributed by atoms with Gasteiger partial charge in [-0.2, -0.15) is 0 Å². The van der Waals surface area contributed by atoms with Gasteiger partial charge in [-0.05, 0) is 89.5 Å². The molecule has 0 aliphatic carbocycles. The summed E-state index contributed by atoms with van der Waals surface area (Å²) < 4.78 is 34.6. The van der Waals surface area contributed by atoms with Crippen molar-refractivity contribution >= 4 is 13.8 Å². The molecule has 324 valence electrons. The highest BCUT2D eigenvalue weighted by molar-refractivity contribution is 7.47. The Morgan fingerprint density at radius 2 is 1.16 bits per heavy atom. The molecule has 0 amide bonds. The first-order valence-electron chi connectivity index (χ1n) is 21.8. The van der Waals surface area contributed by atoms with Crippen LogP contribution in [-0.4, -0.2) is 80.2 Å². The minimum Gasteiger partial charge on any atom is -0.498 e. The number of phosphoric ester groups is 1. The van der Waals surface area contributed by atoms with E-state index in [1.54, 1.807) is 6.26 Å². The summed E-state index contributed by atoms with van der Waals surface area (Å²) in [5, 5.41) is 9.74. The molecule has 0 aliphatic heterocycles. The number of allylic oxidation sites excluding steroid dienone is 10. The average Bonchev–Trinajstić information content (AvgIpc) is 3.14. The van der Waals surface area contributed by atoms with Crippen molar-refractivity contribution in [3.05, 3.63) is 73.1 Å². The van der Waals surface area contributed by atoms with Crippen molar-refractivity contribution in [1.29, 1.82) is 0 Å². The number of hydrogen-bond donors (Lipinski definition) is 2. The number of carbonyl (C=O) groups excluding carboxylic acids is 1. The molecule has 0 aromatic carbocycles. The lowest BCUT2D eigenvalue weighted by atomic mass is 10.1. The summed E-state index contributed by atoms with van der Waals surface area (Å²) in [6.45, 7) is 4.62. The molecule has 3 atom stereocenters. The first kappa shape index (κ1) is 53.7. The van der Waals surface area contributed by atoms with Gasteiger partial charge in [0.1, 0.15) is 19.8 Å². The van der Waals surface area contributed by atoms with Gasteiger partial charge in [0.05, 0.1) is 40.1 Å². The molecule has 2 unspecified atom stereocenters. The number of ether oxygens (including phenoxy) is 2.